The van der Waals surface area contributed by atoms with Crippen LogP contribution in [0.25, 0.3) is 21.8 Å². The fraction of sp³-hybridized carbons (Fsp3) is 0.212. The molecule has 0 bridgehead atoms. The molecule has 45 heavy (non-hydrogen) atoms. The second kappa shape index (κ2) is 14.2. The molecule has 228 valence electrons. The van der Waals surface area contributed by atoms with E-state index < -0.39 is 12.2 Å². The third-order valence-electron chi connectivity index (χ3n) is 7.44. The molecule has 0 spiro atoms. The maximum atomic E-state index is 13.8. The molecule has 10 nitrogen and oxygen atoms in total. The van der Waals surface area contributed by atoms with E-state index in [2.05, 4.69) is 19.9 Å². The molecule has 0 aliphatic carbocycles. The van der Waals surface area contributed by atoms with Gasteiger partial charge in [-0.2, -0.15) is 0 Å². The van der Waals surface area contributed by atoms with Crippen molar-refractivity contribution in [3.8, 4) is 0 Å². The van der Waals surface area contributed by atoms with Gasteiger partial charge < -0.3 is 19.6 Å². The molecular weight excluding hydrogens is 609 g/mol. The number of carbonyl (C=O) groups is 2. The number of aromatic nitrogens is 4. The van der Waals surface area contributed by atoms with Gasteiger partial charge in [0.25, 0.3) is 0 Å². The molecule has 4 heterocycles. The van der Waals surface area contributed by atoms with Crippen molar-refractivity contribution in [3.63, 3.8) is 0 Å². The third kappa shape index (κ3) is 7.78. The lowest BCUT2D eigenvalue weighted by Crippen LogP contribution is -2.44. The van der Waals surface area contributed by atoms with Crippen molar-refractivity contribution in [1.82, 2.24) is 29.7 Å². The molecule has 2 aromatic carbocycles. The molecule has 0 saturated carbocycles. The van der Waals surface area contributed by atoms with Gasteiger partial charge in [0, 0.05) is 59.4 Å². The lowest BCUT2D eigenvalue weighted by Gasteiger charge is -2.32. The first-order valence-corrected chi connectivity index (χ1v) is 16.1. The number of rotatable bonds is 12. The van der Waals surface area contributed by atoms with Gasteiger partial charge >= 0.3 is 12.2 Å². The first-order valence-electron chi connectivity index (χ1n) is 14.3. The molecule has 1 atom stereocenters. The minimum atomic E-state index is -1.04. The van der Waals surface area contributed by atoms with E-state index in [1.54, 1.807) is 40.7 Å². The van der Waals surface area contributed by atoms with Crippen LogP contribution in [-0.4, -0.2) is 59.6 Å². The van der Waals surface area contributed by atoms with Gasteiger partial charge in [0.15, 0.2) is 0 Å². The average Bonchev–Trinajstić information content (AvgIpc) is 3.78. The number of benzene rings is 2. The predicted molar refractivity (Wildman–Crippen MR) is 174 cm³/mol. The van der Waals surface area contributed by atoms with Gasteiger partial charge in [-0.3, -0.25) is 19.9 Å². The molecule has 1 unspecified atom stereocenters. The maximum Gasteiger partial charge on any atom is 0.410 e. The number of hydrogen-bond donors (Lipinski definition) is 1. The van der Waals surface area contributed by atoms with Gasteiger partial charge in [0.1, 0.15) is 6.61 Å². The second-order valence-corrected chi connectivity index (χ2v) is 12.5. The van der Waals surface area contributed by atoms with E-state index in [1.165, 1.54) is 27.6 Å². The van der Waals surface area contributed by atoms with Crippen molar-refractivity contribution in [3.05, 3.63) is 117 Å². The van der Waals surface area contributed by atoms with Crippen LogP contribution < -0.4 is 0 Å². The molecular formula is C33H30N6O4S2. The van der Waals surface area contributed by atoms with Crippen LogP contribution >= 0.6 is 22.7 Å². The number of ether oxygens (including phenoxy) is 1. The number of carboxylic acid groups (broad SMARTS) is 1. The number of pyridine rings is 2. The summed E-state index contributed by atoms with van der Waals surface area (Å²) in [5.41, 5.74) is 6.79. The lowest BCUT2D eigenvalue weighted by atomic mass is 10.1. The van der Waals surface area contributed by atoms with E-state index in [-0.39, 0.29) is 32.3 Å². The van der Waals surface area contributed by atoms with Crippen LogP contribution in [0.5, 0.6) is 0 Å². The number of thiazole rings is 2. The Morgan fingerprint density at radius 1 is 0.800 bits per heavy atom. The summed E-state index contributed by atoms with van der Waals surface area (Å²) in [6.07, 6.45) is 6.27. The number of hydrogen-bond acceptors (Lipinski definition) is 9. The minimum Gasteiger partial charge on any atom is -0.465 e. The van der Waals surface area contributed by atoms with E-state index in [0.717, 1.165) is 42.7 Å². The van der Waals surface area contributed by atoms with Crippen molar-refractivity contribution < 1.29 is 19.4 Å². The molecule has 0 fully saturated rings. The van der Waals surface area contributed by atoms with Crippen LogP contribution in [0.1, 0.15) is 27.3 Å². The van der Waals surface area contributed by atoms with Crippen molar-refractivity contribution in [2.24, 2.45) is 0 Å². The van der Waals surface area contributed by atoms with E-state index in [4.69, 9.17) is 4.74 Å². The highest BCUT2D eigenvalue weighted by atomic mass is 32.1. The molecule has 6 aromatic rings. The Hall–Kier alpha value is -4.94. The molecule has 0 aliphatic heterocycles. The average molecular weight is 639 g/mol. The van der Waals surface area contributed by atoms with Gasteiger partial charge in [-0.25, -0.2) is 9.59 Å². The summed E-state index contributed by atoms with van der Waals surface area (Å²) < 4.78 is 5.79. The monoisotopic (exact) mass is 638 g/mol. The summed E-state index contributed by atoms with van der Waals surface area (Å²) in [7, 11) is 0. The highest BCUT2D eigenvalue weighted by Crippen LogP contribution is 2.23. The largest absolute Gasteiger partial charge is 0.465 e. The van der Waals surface area contributed by atoms with Gasteiger partial charge in [-0.15, -0.1) is 22.7 Å². The van der Waals surface area contributed by atoms with E-state index in [9.17, 15) is 14.7 Å². The quantitative estimate of drug-likeness (QED) is 0.152. The normalized spacial score (nSPS) is 11.8. The van der Waals surface area contributed by atoms with Crippen molar-refractivity contribution >= 4 is 56.7 Å². The Morgan fingerprint density at radius 3 is 2.00 bits per heavy atom. The third-order valence-corrected chi connectivity index (χ3v) is 9.00. The molecule has 0 saturated heterocycles. The fourth-order valence-corrected chi connectivity index (χ4v) is 6.36. The van der Waals surface area contributed by atoms with Crippen LogP contribution in [0.4, 0.5) is 9.59 Å². The minimum absolute atomic E-state index is 0.0967. The summed E-state index contributed by atoms with van der Waals surface area (Å²) >= 11 is 2.91. The fourth-order valence-electron chi connectivity index (χ4n) is 5.19. The van der Waals surface area contributed by atoms with E-state index in [1.807, 2.05) is 60.7 Å². The summed E-state index contributed by atoms with van der Waals surface area (Å²) in [5.74, 6) is 0. The Balaban J connectivity index is 1.26. The SMILES string of the molecule is O=C(O)N(CCC(Cc1cncs1)N(Cc1cnc2ccccc2c1)C(=O)OCc1cncs1)Cc1cnc2ccccc2c1. The second-order valence-electron chi connectivity index (χ2n) is 10.5. The zero-order chi connectivity index (χ0) is 31.0. The van der Waals surface area contributed by atoms with Crippen LogP contribution in [0.15, 0.2) is 96.5 Å². The molecule has 4 aromatic heterocycles. The first kappa shape index (κ1) is 30.1. The van der Waals surface area contributed by atoms with E-state index in [0.29, 0.717) is 12.8 Å². The topological polar surface area (TPSA) is 122 Å². The predicted octanol–water partition coefficient (Wildman–Crippen LogP) is 7.02. The zero-order valence-electron chi connectivity index (χ0n) is 24.2. The van der Waals surface area contributed by atoms with Gasteiger partial charge in [-0.05, 0) is 41.8 Å². The lowest BCUT2D eigenvalue weighted by molar-refractivity contribution is 0.0723. The molecule has 2 amide bonds. The molecule has 6 rings (SSSR count). The van der Waals surface area contributed by atoms with Gasteiger partial charge in [-0.1, -0.05) is 36.4 Å². The van der Waals surface area contributed by atoms with E-state index >= 15 is 0 Å². The van der Waals surface area contributed by atoms with Crippen molar-refractivity contribution in [2.45, 2.75) is 38.6 Å². The van der Waals surface area contributed by atoms with Crippen LogP contribution in [0.2, 0.25) is 0 Å². The Morgan fingerprint density at radius 2 is 1.40 bits per heavy atom. The smallest absolute Gasteiger partial charge is 0.410 e. The summed E-state index contributed by atoms with van der Waals surface area (Å²) in [6.45, 7) is 0.703. The Kier molecular flexibility index (Phi) is 9.52. The molecule has 12 heteroatoms. The summed E-state index contributed by atoms with van der Waals surface area (Å²) in [6, 6.07) is 19.1. The highest BCUT2D eigenvalue weighted by Gasteiger charge is 2.28. The molecule has 1 N–H and O–H groups in total. The van der Waals surface area contributed by atoms with Crippen LogP contribution in [0, 0.1) is 0 Å². The number of nitrogens with zero attached hydrogens (tertiary/aromatic N) is 6. The molecule has 0 radical (unpaired) electrons. The summed E-state index contributed by atoms with van der Waals surface area (Å²) in [4.78, 5) is 48.5. The van der Waals surface area contributed by atoms with Crippen LogP contribution in [-0.2, 0) is 30.9 Å². The summed E-state index contributed by atoms with van der Waals surface area (Å²) in [5, 5.41) is 12.1. The zero-order valence-corrected chi connectivity index (χ0v) is 25.9. The number of para-hydroxylation sites is 2. The maximum absolute atomic E-state index is 13.8. The van der Waals surface area contributed by atoms with Crippen molar-refractivity contribution in [2.75, 3.05) is 6.54 Å². The van der Waals surface area contributed by atoms with Gasteiger partial charge in [0.05, 0.1) is 40.0 Å². The number of carbonyl (C=O) groups excluding carboxylic acids is 1. The Labute approximate surface area is 267 Å². The Bertz CT molecular complexity index is 1880. The van der Waals surface area contributed by atoms with Crippen LogP contribution in [0.3, 0.4) is 0 Å². The van der Waals surface area contributed by atoms with Crippen molar-refractivity contribution in [1.29, 1.82) is 0 Å². The number of amides is 2. The highest BCUT2D eigenvalue weighted by molar-refractivity contribution is 7.09. The number of fused-ring (bicyclic) bond motifs is 2. The van der Waals surface area contributed by atoms with Gasteiger partial charge in [0.2, 0.25) is 0 Å². The molecule has 0 aliphatic rings. The standard InChI is InChI=1S/C33H30N6O4S2/c40-32(41)38(18-23-11-25-5-1-3-7-30(25)36-14-23)10-9-27(13-28-16-34-21-44-28)39(33(42)43-20-29-17-35-22-45-29)19-24-12-26-6-2-4-8-31(26)37-15-24/h1-8,11-12,14-17,21-22,27H,9-10,13,18-20H2,(H,40,41). The first-order chi connectivity index (χ1) is 22.0.